The lowest BCUT2D eigenvalue weighted by Crippen LogP contribution is -2.14. The number of rotatable bonds is 6. The number of thiophene rings is 1. The van der Waals surface area contributed by atoms with E-state index < -0.39 is 0 Å². The summed E-state index contributed by atoms with van der Waals surface area (Å²) in [6.45, 7) is 2.65. The second-order valence-electron chi connectivity index (χ2n) is 4.61. The third-order valence-corrected chi connectivity index (χ3v) is 5.06. The van der Waals surface area contributed by atoms with Crippen molar-refractivity contribution < 1.29 is 4.79 Å². The first-order valence-electron chi connectivity index (χ1n) is 6.91. The van der Waals surface area contributed by atoms with Crippen LogP contribution in [0.3, 0.4) is 0 Å². The van der Waals surface area contributed by atoms with Gasteiger partial charge in [0.1, 0.15) is 12.7 Å². The zero-order chi connectivity index (χ0) is 15.4. The number of aryl methyl sites for hydroxylation is 2. The Morgan fingerprint density at radius 3 is 3.05 bits per heavy atom. The molecule has 3 aromatic heterocycles. The van der Waals surface area contributed by atoms with Crippen molar-refractivity contribution in [2.45, 2.75) is 26.3 Å². The molecule has 0 spiro atoms. The molecule has 0 aliphatic carbocycles. The normalized spacial score (nSPS) is 10.8. The van der Waals surface area contributed by atoms with Crippen molar-refractivity contribution in [3.8, 4) is 10.6 Å². The van der Waals surface area contributed by atoms with E-state index in [-0.39, 0.29) is 5.91 Å². The number of thiazole rings is 1. The number of amides is 1. The van der Waals surface area contributed by atoms with Crippen LogP contribution in [-0.2, 0) is 17.8 Å². The summed E-state index contributed by atoms with van der Waals surface area (Å²) < 4.78 is 1.63. The first-order valence-corrected chi connectivity index (χ1v) is 8.61. The van der Waals surface area contributed by atoms with E-state index >= 15 is 0 Å². The maximum absolute atomic E-state index is 11.9. The van der Waals surface area contributed by atoms with E-state index in [9.17, 15) is 4.79 Å². The van der Waals surface area contributed by atoms with Gasteiger partial charge in [-0.15, -0.1) is 22.7 Å². The Bertz CT molecular complexity index is 747. The number of nitrogens with one attached hydrogen (secondary N) is 1. The zero-order valence-corrected chi connectivity index (χ0v) is 13.7. The highest BCUT2D eigenvalue weighted by Crippen LogP contribution is 2.30. The fraction of sp³-hybridized carbons (Fsp3) is 0.286. The summed E-state index contributed by atoms with van der Waals surface area (Å²) in [6.07, 6.45) is 4.42. The molecular formula is C14H15N5OS2. The SMILES string of the molecule is CCc1ccc(-c2csc(NC(=O)CCn3cncn3)n2)s1. The lowest BCUT2D eigenvalue weighted by molar-refractivity contribution is -0.116. The molecule has 0 bridgehead atoms. The van der Waals surface area contributed by atoms with Gasteiger partial charge in [-0.25, -0.2) is 9.97 Å². The number of carbonyl (C=O) groups is 1. The predicted molar refractivity (Wildman–Crippen MR) is 88.1 cm³/mol. The summed E-state index contributed by atoms with van der Waals surface area (Å²) in [5.74, 6) is -0.0724. The molecule has 0 saturated carbocycles. The summed E-state index contributed by atoms with van der Waals surface area (Å²) in [4.78, 5) is 22.7. The van der Waals surface area contributed by atoms with Gasteiger partial charge in [0.2, 0.25) is 5.91 Å². The van der Waals surface area contributed by atoms with Gasteiger partial charge >= 0.3 is 0 Å². The van der Waals surface area contributed by atoms with Crippen molar-refractivity contribution in [1.82, 2.24) is 19.7 Å². The second-order valence-corrected chi connectivity index (χ2v) is 6.64. The highest BCUT2D eigenvalue weighted by Gasteiger charge is 2.10. The molecule has 8 heteroatoms. The van der Waals surface area contributed by atoms with Crippen molar-refractivity contribution in [3.63, 3.8) is 0 Å². The number of carbonyl (C=O) groups excluding carboxylic acids is 1. The molecule has 3 rings (SSSR count). The molecule has 1 amide bonds. The van der Waals surface area contributed by atoms with Crippen LogP contribution in [0.15, 0.2) is 30.2 Å². The molecule has 0 aromatic carbocycles. The lowest BCUT2D eigenvalue weighted by atomic mass is 10.3. The highest BCUT2D eigenvalue weighted by atomic mass is 32.1. The van der Waals surface area contributed by atoms with Gasteiger partial charge < -0.3 is 5.32 Å². The van der Waals surface area contributed by atoms with E-state index in [0.717, 1.165) is 17.0 Å². The van der Waals surface area contributed by atoms with Crippen molar-refractivity contribution in [2.75, 3.05) is 5.32 Å². The van der Waals surface area contributed by atoms with E-state index in [4.69, 9.17) is 0 Å². The summed E-state index contributed by atoms with van der Waals surface area (Å²) in [5.41, 5.74) is 0.918. The van der Waals surface area contributed by atoms with Crippen molar-refractivity contribution in [2.24, 2.45) is 0 Å². The molecule has 22 heavy (non-hydrogen) atoms. The predicted octanol–water partition coefficient (Wildman–Crippen LogP) is 3.05. The molecule has 0 aliphatic heterocycles. The first-order chi connectivity index (χ1) is 10.7. The van der Waals surface area contributed by atoms with Gasteiger partial charge in [-0.2, -0.15) is 5.10 Å². The molecule has 0 atom stereocenters. The van der Waals surface area contributed by atoms with Crippen LogP contribution >= 0.6 is 22.7 Å². The average molecular weight is 333 g/mol. The third kappa shape index (κ3) is 3.58. The van der Waals surface area contributed by atoms with Crippen LogP contribution in [0.2, 0.25) is 0 Å². The summed E-state index contributed by atoms with van der Waals surface area (Å²) in [5, 5.41) is 9.39. The number of aromatic nitrogens is 4. The van der Waals surface area contributed by atoms with Gasteiger partial charge in [-0.05, 0) is 18.6 Å². The summed E-state index contributed by atoms with van der Waals surface area (Å²) >= 11 is 3.18. The standard InChI is InChI=1S/C14H15N5OS2/c1-2-10-3-4-12(22-10)11-7-21-14(17-11)18-13(20)5-6-19-9-15-8-16-19/h3-4,7-9H,2,5-6H2,1H3,(H,17,18,20). The Morgan fingerprint density at radius 1 is 1.41 bits per heavy atom. The van der Waals surface area contributed by atoms with E-state index in [0.29, 0.717) is 18.1 Å². The Labute approximate surface area is 135 Å². The van der Waals surface area contributed by atoms with Crippen LogP contribution in [0.25, 0.3) is 10.6 Å². The Kier molecular flexibility index (Phi) is 4.59. The Balaban J connectivity index is 1.58. The van der Waals surface area contributed by atoms with Gasteiger partial charge in [0.25, 0.3) is 0 Å². The van der Waals surface area contributed by atoms with Gasteiger partial charge in [0.15, 0.2) is 5.13 Å². The minimum absolute atomic E-state index is 0.0724. The maximum atomic E-state index is 11.9. The molecule has 6 nitrogen and oxygen atoms in total. The minimum atomic E-state index is -0.0724. The second kappa shape index (κ2) is 6.80. The molecule has 0 aliphatic rings. The van der Waals surface area contributed by atoms with Gasteiger partial charge in [0.05, 0.1) is 17.1 Å². The topological polar surface area (TPSA) is 72.7 Å². The fourth-order valence-corrected chi connectivity index (χ4v) is 3.61. The molecule has 3 aromatic rings. The van der Waals surface area contributed by atoms with Crippen LogP contribution in [-0.4, -0.2) is 25.7 Å². The Morgan fingerprint density at radius 2 is 2.32 bits per heavy atom. The average Bonchev–Trinajstić information content (AvgIpc) is 3.25. The van der Waals surface area contributed by atoms with E-state index in [1.54, 1.807) is 22.3 Å². The monoisotopic (exact) mass is 333 g/mol. The van der Waals surface area contributed by atoms with E-state index in [1.807, 2.05) is 5.38 Å². The molecule has 0 unspecified atom stereocenters. The molecule has 114 valence electrons. The third-order valence-electron chi connectivity index (χ3n) is 3.05. The molecule has 3 heterocycles. The van der Waals surface area contributed by atoms with E-state index in [2.05, 4.69) is 39.4 Å². The molecule has 0 radical (unpaired) electrons. The molecule has 0 fully saturated rings. The molecule has 0 saturated heterocycles. The molecular weight excluding hydrogens is 318 g/mol. The molecule has 1 N–H and O–H groups in total. The van der Waals surface area contributed by atoms with Crippen LogP contribution < -0.4 is 5.32 Å². The van der Waals surface area contributed by atoms with Crippen molar-refractivity contribution >= 4 is 33.7 Å². The summed E-state index contributed by atoms with van der Waals surface area (Å²) in [7, 11) is 0. The number of nitrogens with zero attached hydrogens (tertiary/aromatic N) is 4. The van der Waals surface area contributed by atoms with Crippen LogP contribution in [0.1, 0.15) is 18.2 Å². The largest absolute Gasteiger partial charge is 0.302 e. The zero-order valence-electron chi connectivity index (χ0n) is 12.0. The van der Waals surface area contributed by atoms with Crippen LogP contribution in [0.4, 0.5) is 5.13 Å². The van der Waals surface area contributed by atoms with Crippen LogP contribution in [0.5, 0.6) is 0 Å². The minimum Gasteiger partial charge on any atom is -0.302 e. The summed E-state index contributed by atoms with van der Waals surface area (Å²) in [6, 6.07) is 4.20. The number of hydrogen-bond donors (Lipinski definition) is 1. The maximum Gasteiger partial charge on any atom is 0.228 e. The smallest absolute Gasteiger partial charge is 0.228 e. The number of anilines is 1. The highest BCUT2D eigenvalue weighted by molar-refractivity contribution is 7.17. The quantitative estimate of drug-likeness (QED) is 0.752. The lowest BCUT2D eigenvalue weighted by Gasteiger charge is -2.01. The van der Waals surface area contributed by atoms with Crippen LogP contribution in [0, 0.1) is 0 Å². The first kappa shape index (κ1) is 14.9. The van der Waals surface area contributed by atoms with Crippen molar-refractivity contribution in [3.05, 3.63) is 35.0 Å². The number of hydrogen-bond acceptors (Lipinski definition) is 6. The van der Waals surface area contributed by atoms with Gasteiger partial charge in [-0.3, -0.25) is 9.48 Å². The fourth-order valence-electron chi connectivity index (χ4n) is 1.90. The Hall–Kier alpha value is -2.06. The van der Waals surface area contributed by atoms with Gasteiger partial charge in [-0.1, -0.05) is 6.92 Å². The van der Waals surface area contributed by atoms with E-state index in [1.165, 1.54) is 22.5 Å². The van der Waals surface area contributed by atoms with Crippen molar-refractivity contribution in [1.29, 1.82) is 0 Å². The van der Waals surface area contributed by atoms with Gasteiger partial charge in [0, 0.05) is 16.7 Å².